The Morgan fingerprint density at radius 2 is 2.15 bits per heavy atom. The van der Waals surface area contributed by atoms with E-state index in [4.69, 9.17) is 9.26 Å². The van der Waals surface area contributed by atoms with Crippen LogP contribution >= 0.6 is 0 Å². The van der Waals surface area contributed by atoms with E-state index in [-0.39, 0.29) is 6.04 Å². The molecule has 4 rings (SSSR count). The first kappa shape index (κ1) is 11.2. The summed E-state index contributed by atoms with van der Waals surface area (Å²) in [5, 5.41) is 8.13. The molecule has 0 amide bonds. The molecule has 1 atom stereocenters. The largest absolute Gasteiger partial charge is 0.491 e. The van der Waals surface area contributed by atoms with Crippen LogP contribution in [0.25, 0.3) is 11.1 Å². The molecule has 1 aromatic carbocycles. The third kappa shape index (κ3) is 1.61. The molecule has 3 heterocycles. The number of rotatable bonds is 2. The van der Waals surface area contributed by atoms with Crippen molar-refractivity contribution in [1.29, 1.82) is 0 Å². The van der Waals surface area contributed by atoms with Crippen LogP contribution in [-0.4, -0.2) is 21.7 Å². The first-order valence-electron chi connectivity index (χ1n) is 6.38. The van der Waals surface area contributed by atoms with E-state index < -0.39 is 0 Å². The van der Waals surface area contributed by atoms with E-state index in [1.165, 1.54) is 6.33 Å². The lowest BCUT2D eigenvalue weighted by Crippen LogP contribution is -2.13. The summed E-state index contributed by atoms with van der Waals surface area (Å²) in [5.41, 5.74) is 2.40. The maximum atomic E-state index is 5.66. The zero-order valence-electron chi connectivity index (χ0n) is 10.8. The second-order valence-corrected chi connectivity index (χ2v) is 4.72. The summed E-state index contributed by atoms with van der Waals surface area (Å²) >= 11 is 0. The fourth-order valence-corrected chi connectivity index (χ4v) is 2.48. The second-order valence-electron chi connectivity index (χ2n) is 4.72. The summed E-state index contributed by atoms with van der Waals surface area (Å²) in [5.74, 6) is 1.64. The number of fused-ring (bicyclic) bond motifs is 2. The van der Waals surface area contributed by atoms with E-state index >= 15 is 0 Å². The third-order valence-electron chi connectivity index (χ3n) is 3.45. The normalized spacial score (nSPS) is 16.9. The van der Waals surface area contributed by atoms with Gasteiger partial charge in [-0.05, 0) is 13.0 Å². The van der Waals surface area contributed by atoms with Crippen LogP contribution in [0, 0.1) is 6.92 Å². The fraction of sp³-hybridized carbons (Fsp3) is 0.214. The average molecular weight is 268 g/mol. The molecule has 0 radical (unpaired) electrons. The van der Waals surface area contributed by atoms with Gasteiger partial charge in [0, 0.05) is 5.56 Å². The number of nitrogens with zero attached hydrogens (tertiary/aromatic N) is 3. The molecule has 3 aromatic rings. The molecule has 0 unspecified atom stereocenters. The van der Waals surface area contributed by atoms with Crippen molar-refractivity contribution in [2.75, 3.05) is 11.9 Å². The minimum Gasteiger partial charge on any atom is -0.491 e. The SMILES string of the molecule is Cc1noc2ncnc(N[C@@H]3COc4ccccc43)c12. The smallest absolute Gasteiger partial charge is 0.263 e. The van der Waals surface area contributed by atoms with Crippen molar-refractivity contribution in [3.8, 4) is 5.75 Å². The summed E-state index contributed by atoms with van der Waals surface area (Å²) in [4.78, 5) is 8.37. The van der Waals surface area contributed by atoms with Crippen LogP contribution in [0.4, 0.5) is 5.82 Å². The zero-order valence-corrected chi connectivity index (χ0v) is 10.8. The summed E-state index contributed by atoms with van der Waals surface area (Å²) in [7, 11) is 0. The minimum atomic E-state index is 0.0681. The number of hydrogen-bond donors (Lipinski definition) is 1. The summed E-state index contributed by atoms with van der Waals surface area (Å²) in [6.45, 7) is 2.45. The monoisotopic (exact) mass is 268 g/mol. The number of ether oxygens (including phenoxy) is 1. The van der Waals surface area contributed by atoms with Gasteiger partial charge in [-0.15, -0.1) is 0 Å². The third-order valence-corrected chi connectivity index (χ3v) is 3.45. The predicted octanol–water partition coefficient (Wildman–Crippen LogP) is 2.47. The lowest BCUT2D eigenvalue weighted by molar-refractivity contribution is 0.339. The molecule has 100 valence electrons. The van der Waals surface area contributed by atoms with Crippen LogP contribution in [0.1, 0.15) is 17.3 Å². The van der Waals surface area contributed by atoms with E-state index in [0.717, 1.165) is 28.2 Å². The molecule has 0 fully saturated rings. The van der Waals surface area contributed by atoms with Crippen molar-refractivity contribution >= 4 is 16.9 Å². The average Bonchev–Trinajstić information content (AvgIpc) is 3.05. The molecule has 0 spiro atoms. The molecule has 0 aliphatic carbocycles. The van der Waals surface area contributed by atoms with Crippen LogP contribution in [-0.2, 0) is 0 Å². The number of hydrogen-bond acceptors (Lipinski definition) is 6. The maximum Gasteiger partial charge on any atom is 0.263 e. The Kier molecular flexibility index (Phi) is 2.35. The number of aryl methyl sites for hydroxylation is 1. The van der Waals surface area contributed by atoms with Gasteiger partial charge < -0.3 is 14.6 Å². The molecule has 2 aromatic heterocycles. The molecule has 0 saturated carbocycles. The van der Waals surface area contributed by atoms with Gasteiger partial charge in [0.05, 0.1) is 11.7 Å². The lowest BCUT2D eigenvalue weighted by atomic mass is 10.1. The summed E-state index contributed by atoms with van der Waals surface area (Å²) in [6.07, 6.45) is 1.47. The van der Waals surface area contributed by atoms with Gasteiger partial charge in [-0.25, -0.2) is 4.98 Å². The van der Waals surface area contributed by atoms with Crippen molar-refractivity contribution in [2.45, 2.75) is 13.0 Å². The highest BCUT2D eigenvalue weighted by atomic mass is 16.5. The van der Waals surface area contributed by atoms with Gasteiger partial charge in [0.2, 0.25) is 0 Å². The molecule has 1 aliphatic rings. The maximum absolute atomic E-state index is 5.66. The molecule has 1 aliphatic heterocycles. The summed E-state index contributed by atoms with van der Waals surface area (Å²) < 4.78 is 10.8. The summed E-state index contributed by atoms with van der Waals surface area (Å²) in [6, 6.07) is 8.06. The van der Waals surface area contributed by atoms with Gasteiger partial charge in [-0.3, -0.25) is 0 Å². The van der Waals surface area contributed by atoms with Gasteiger partial charge >= 0.3 is 0 Å². The Morgan fingerprint density at radius 1 is 1.25 bits per heavy atom. The number of benzene rings is 1. The molecule has 20 heavy (non-hydrogen) atoms. The number of nitrogens with one attached hydrogen (secondary N) is 1. The first-order chi connectivity index (χ1) is 9.83. The molecular formula is C14H12N4O2. The van der Waals surface area contributed by atoms with Gasteiger partial charge in [-0.2, -0.15) is 4.98 Å². The Morgan fingerprint density at radius 3 is 3.10 bits per heavy atom. The highest BCUT2D eigenvalue weighted by molar-refractivity contribution is 5.87. The fourth-order valence-electron chi connectivity index (χ4n) is 2.48. The van der Waals surface area contributed by atoms with E-state index in [0.29, 0.717) is 12.3 Å². The van der Waals surface area contributed by atoms with E-state index in [2.05, 4.69) is 26.5 Å². The lowest BCUT2D eigenvalue weighted by Gasteiger charge is -2.12. The highest BCUT2D eigenvalue weighted by Crippen LogP contribution is 2.35. The standard InChI is InChI=1S/C14H12N4O2/c1-8-12-13(15-7-16-14(12)20-18-8)17-10-6-19-11-5-3-2-4-9(10)11/h2-5,7,10H,6H2,1H3,(H,15,16,17)/t10-/m1/s1. The second kappa shape index (κ2) is 4.19. The quantitative estimate of drug-likeness (QED) is 0.769. The van der Waals surface area contributed by atoms with E-state index in [1.807, 2.05) is 25.1 Å². The molecule has 6 nitrogen and oxygen atoms in total. The number of anilines is 1. The molecule has 1 N–H and O–H groups in total. The van der Waals surface area contributed by atoms with Gasteiger partial charge in [0.1, 0.15) is 29.9 Å². The Balaban J connectivity index is 1.74. The van der Waals surface area contributed by atoms with Crippen molar-refractivity contribution in [1.82, 2.24) is 15.1 Å². The van der Waals surface area contributed by atoms with Crippen molar-refractivity contribution in [3.63, 3.8) is 0 Å². The number of aromatic nitrogens is 3. The van der Waals surface area contributed by atoms with Crippen LogP contribution in [0.3, 0.4) is 0 Å². The van der Waals surface area contributed by atoms with Crippen LogP contribution in [0.15, 0.2) is 35.1 Å². The van der Waals surface area contributed by atoms with Crippen molar-refractivity contribution < 1.29 is 9.26 Å². The van der Waals surface area contributed by atoms with Gasteiger partial charge in [0.15, 0.2) is 0 Å². The minimum absolute atomic E-state index is 0.0681. The van der Waals surface area contributed by atoms with Crippen molar-refractivity contribution in [3.05, 3.63) is 41.9 Å². The van der Waals surface area contributed by atoms with Crippen LogP contribution < -0.4 is 10.1 Å². The van der Waals surface area contributed by atoms with E-state index in [9.17, 15) is 0 Å². The zero-order chi connectivity index (χ0) is 13.5. The van der Waals surface area contributed by atoms with E-state index in [1.54, 1.807) is 0 Å². The Labute approximate surface area is 114 Å². The van der Waals surface area contributed by atoms with Crippen LogP contribution in [0.2, 0.25) is 0 Å². The molecular weight excluding hydrogens is 256 g/mol. The molecule has 0 saturated heterocycles. The Hall–Kier alpha value is -2.63. The van der Waals surface area contributed by atoms with Crippen molar-refractivity contribution in [2.24, 2.45) is 0 Å². The van der Waals surface area contributed by atoms with Crippen LogP contribution in [0.5, 0.6) is 5.75 Å². The molecule has 0 bridgehead atoms. The topological polar surface area (TPSA) is 73.1 Å². The highest BCUT2D eigenvalue weighted by Gasteiger charge is 2.25. The first-order valence-corrected chi connectivity index (χ1v) is 6.38. The Bertz CT molecular complexity index is 784. The van der Waals surface area contributed by atoms with Gasteiger partial charge in [0.25, 0.3) is 5.71 Å². The predicted molar refractivity (Wildman–Crippen MR) is 72.6 cm³/mol. The van der Waals surface area contributed by atoms with Gasteiger partial charge in [-0.1, -0.05) is 23.4 Å². The number of para-hydroxylation sites is 1. The molecule has 6 heteroatoms.